The summed E-state index contributed by atoms with van der Waals surface area (Å²) in [5.41, 5.74) is 8.25. The Labute approximate surface area is 93.5 Å². The fourth-order valence-electron chi connectivity index (χ4n) is 2.35. The first-order chi connectivity index (χ1) is 7.70. The van der Waals surface area contributed by atoms with Gasteiger partial charge in [0.25, 0.3) is 0 Å². The van der Waals surface area contributed by atoms with E-state index in [0.717, 1.165) is 18.4 Å². The van der Waals surface area contributed by atoms with Gasteiger partial charge in [-0.1, -0.05) is 29.4 Å². The molecule has 4 nitrogen and oxygen atoms in total. The zero-order chi connectivity index (χ0) is 11.2. The second kappa shape index (κ2) is 3.15. The molecule has 1 atom stereocenters. The molecule has 1 unspecified atom stereocenters. The van der Waals surface area contributed by atoms with Crippen LogP contribution in [0.2, 0.25) is 0 Å². The lowest BCUT2D eigenvalue weighted by atomic mass is 9.92. The smallest absolute Gasteiger partial charge is 0.223 e. The van der Waals surface area contributed by atoms with Gasteiger partial charge in [0, 0.05) is 6.92 Å². The van der Waals surface area contributed by atoms with Crippen molar-refractivity contribution in [2.75, 3.05) is 0 Å². The molecule has 0 saturated heterocycles. The summed E-state index contributed by atoms with van der Waals surface area (Å²) in [7, 11) is 0. The number of hydrogen-bond donors (Lipinski definition) is 1. The van der Waals surface area contributed by atoms with Crippen molar-refractivity contribution in [3.05, 3.63) is 47.1 Å². The van der Waals surface area contributed by atoms with Crippen molar-refractivity contribution in [2.24, 2.45) is 5.73 Å². The van der Waals surface area contributed by atoms with E-state index in [-0.39, 0.29) is 0 Å². The van der Waals surface area contributed by atoms with Gasteiger partial charge in [0.15, 0.2) is 5.82 Å². The molecule has 3 rings (SSSR count). The molecule has 0 saturated carbocycles. The fourth-order valence-corrected chi connectivity index (χ4v) is 2.35. The predicted octanol–water partition coefficient (Wildman–Crippen LogP) is 1.53. The molecule has 1 aliphatic carbocycles. The molecule has 0 bridgehead atoms. The molecule has 0 amide bonds. The van der Waals surface area contributed by atoms with E-state index in [4.69, 9.17) is 10.3 Å². The summed E-state index contributed by atoms with van der Waals surface area (Å²) in [5, 5.41) is 3.96. The second-order valence-electron chi connectivity index (χ2n) is 4.27. The van der Waals surface area contributed by atoms with Crippen LogP contribution in [0.25, 0.3) is 0 Å². The van der Waals surface area contributed by atoms with E-state index in [1.54, 1.807) is 6.92 Å². The van der Waals surface area contributed by atoms with E-state index in [2.05, 4.69) is 16.2 Å². The highest BCUT2D eigenvalue weighted by Crippen LogP contribution is 2.38. The Morgan fingerprint density at radius 2 is 2.19 bits per heavy atom. The van der Waals surface area contributed by atoms with Crippen molar-refractivity contribution in [2.45, 2.75) is 25.3 Å². The maximum atomic E-state index is 6.42. The maximum absolute atomic E-state index is 6.42. The van der Waals surface area contributed by atoms with Gasteiger partial charge in [-0.15, -0.1) is 0 Å². The molecule has 16 heavy (non-hydrogen) atoms. The predicted molar refractivity (Wildman–Crippen MR) is 58.8 cm³/mol. The molecule has 1 aromatic heterocycles. The molecule has 0 spiro atoms. The first-order valence-corrected chi connectivity index (χ1v) is 5.38. The summed E-state index contributed by atoms with van der Waals surface area (Å²) >= 11 is 0. The van der Waals surface area contributed by atoms with Gasteiger partial charge in [-0.05, 0) is 24.0 Å². The Bertz CT molecular complexity index is 535. The highest BCUT2D eigenvalue weighted by molar-refractivity contribution is 5.42. The summed E-state index contributed by atoms with van der Waals surface area (Å²) in [6.07, 6.45) is 1.81. The molecular formula is C12H13N3O. The number of aromatic nitrogens is 2. The highest BCUT2D eigenvalue weighted by Gasteiger charge is 2.40. The maximum Gasteiger partial charge on any atom is 0.223 e. The van der Waals surface area contributed by atoms with E-state index < -0.39 is 5.54 Å². The number of benzene rings is 1. The Kier molecular flexibility index (Phi) is 1.88. The Balaban J connectivity index is 2.14. The van der Waals surface area contributed by atoms with Gasteiger partial charge in [0.05, 0.1) is 0 Å². The minimum absolute atomic E-state index is 0.559. The SMILES string of the molecule is Cc1nc(C2(N)CCc3ccccc32)no1. The van der Waals surface area contributed by atoms with E-state index in [1.807, 2.05) is 18.2 Å². The molecule has 1 heterocycles. The topological polar surface area (TPSA) is 64.9 Å². The minimum Gasteiger partial charge on any atom is -0.340 e. The van der Waals surface area contributed by atoms with E-state index in [9.17, 15) is 0 Å². The molecule has 1 aromatic carbocycles. The van der Waals surface area contributed by atoms with Gasteiger partial charge in [-0.3, -0.25) is 0 Å². The quantitative estimate of drug-likeness (QED) is 0.783. The number of nitrogens with two attached hydrogens (primary N) is 1. The van der Waals surface area contributed by atoms with Crippen LogP contribution in [-0.2, 0) is 12.0 Å². The van der Waals surface area contributed by atoms with Gasteiger partial charge in [0.1, 0.15) is 5.54 Å². The lowest BCUT2D eigenvalue weighted by Gasteiger charge is -2.20. The zero-order valence-corrected chi connectivity index (χ0v) is 9.10. The largest absolute Gasteiger partial charge is 0.340 e. The van der Waals surface area contributed by atoms with Gasteiger partial charge in [-0.2, -0.15) is 4.98 Å². The van der Waals surface area contributed by atoms with Crippen LogP contribution in [0.3, 0.4) is 0 Å². The van der Waals surface area contributed by atoms with Crippen molar-refractivity contribution < 1.29 is 4.52 Å². The third-order valence-corrected chi connectivity index (χ3v) is 3.21. The lowest BCUT2D eigenvalue weighted by molar-refractivity contribution is 0.371. The number of rotatable bonds is 1. The molecular weight excluding hydrogens is 202 g/mol. The normalized spacial score (nSPS) is 23.4. The molecule has 1 aliphatic rings. The van der Waals surface area contributed by atoms with E-state index in [1.165, 1.54) is 5.56 Å². The summed E-state index contributed by atoms with van der Waals surface area (Å²) < 4.78 is 5.02. The molecule has 2 N–H and O–H groups in total. The van der Waals surface area contributed by atoms with Gasteiger partial charge < -0.3 is 10.3 Å². The lowest BCUT2D eigenvalue weighted by Crippen LogP contribution is -2.36. The molecule has 0 aliphatic heterocycles. The summed E-state index contributed by atoms with van der Waals surface area (Å²) in [6.45, 7) is 1.78. The fraction of sp³-hybridized carbons (Fsp3) is 0.333. The van der Waals surface area contributed by atoms with Gasteiger partial charge in [-0.25, -0.2) is 0 Å². The van der Waals surface area contributed by atoms with Crippen LogP contribution in [0.15, 0.2) is 28.8 Å². The third kappa shape index (κ3) is 1.20. The van der Waals surface area contributed by atoms with Crippen molar-refractivity contribution in [1.29, 1.82) is 0 Å². The second-order valence-corrected chi connectivity index (χ2v) is 4.27. The van der Waals surface area contributed by atoms with Crippen molar-refractivity contribution in [3.63, 3.8) is 0 Å². The first-order valence-electron chi connectivity index (χ1n) is 5.38. The Morgan fingerprint density at radius 1 is 1.38 bits per heavy atom. The minimum atomic E-state index is -0.575. The van der Waals surface area contributed by atoms with Crippen molar-refractivity contribution >= 4 is 0 Å². The van der Waals surface area contributed by atoms with Crippen LogP contribution in [-0.4, -0.2) is 10.1 Å². The van der Waals surface area contributed by atoms with Gasteiger partial charge in [0.2, 0.25) is 5.89 Å². The molecule has 4 heteroatoms. The van der Waals surface area contributed by atoms with Crippen molar-refractivity contribution in [1.82, 2.24) is 10.1 Å². The summed E-state index contributed by atoms with van der Waals surface area (Å²) in [4.78, 5) is 4.26. The van der Waals surface area contributed by atoms with Crippen molar-refractivity contribution in [3.8, 4) is 0 Å². The van der Waals surface area contributed by atoms with Crippen LogP contribution < -0.4 is 5.73 Å². The van der Waals surface area contributed by atoms with E-state index in [0.29, 0.717) is 11.7 Å². The van der Waals surface area contributed by atoms with Crippen LogP contribution in [0.1, 0.15) is 29.3 Å². The van der Waals surface area contributed by atoms with Crippen LogP contribution in [0.4, 0.5) is 0 Å². The molecule has 0 fully saturated rings. The Hall–Kier alpha value is -1.68. The van der Waals surface area contributed by atoms with Crippen LogP contribution in [0, 0.1) is 6.92 Å². The average Bonchev–Trinajstić information content (AvgIpc) is 2.86. The molecule has 0 radical (unpaired) electrons. The highest BCUT2D eigenvalue weighted by atomic mass is 16.5. The first kappa shape index (κ1) is 9.54. The number of nitrogens with zero attached hydrogens (tertiary/aromatic N) is 2. The average molecular weight is 215 g/mol. The number of aryl methyl sites for hydroxylation is 2. The number of fused-ring (bicyclic) bond motifs is 1. The zero-order valence-electron chi connectivity index (χ0n) is 9.10. The summed E-state index contributed by atoms with van der Waals surface area (Å²) in [5.74, 6) is 1.15. The Morgan fingerprint density at radius 3 is 2.94 bits per heavy atom. The van der Waals surface area contributed by atoms with Crippen LogP contribution in [0.5, 0.6) is 0 Å². The number of hydrogen-bond acceptors (Lipinski definition) is 4. The molecule has 2 aromatic rings. The van der Waals surface area contributed by atoms with E-state index >= 15 is 0 Å². The monoisotopic (exact) mass is 215 g/mol. The molecule has 82 valence electrons. The third-order valence-electron chi connectivity index (χ3n) is 3.21. The summed E-state index contributed by atoms with van der Waals surface area (Å²) in [6, 6.07) is 8.19. The standard InChI is InChI=1S/C12H13N3O/c1-8-14-11(15-16-8)12(13)7-6-9-4-2-3-5-10(9)12/h2-5H,6-7,13H2,1H3. The van der Waals surface area contributed by atoms with Gasteiger partial charge >= 0.3 is 0 Å². The van der Waals surface area contributed by atoms with Crippen LogP contribution >= 0.6 is 0 Å².